The number of hydrogen-bond acceptors (Lipinski definition) is 4. The molecule has 0 N–H and O–H groups in total. The van der Waals surface area contributed by atoms with Gasteiger partial charge >= 0.3 is 29.6 Å². The molecule has 0 bridgehead atoms. The van der Waals surface area contributed by atoms with Crippen molar-refractivity contribution >= 4 is 27.8 Å². The van der Waals surface area contributed by atoms with Crippen LogP contribution in [0.4, 0.5) is 0 Å². The number of carbonyl (C=O) groups is 1. The summed E-state index contributed by atoms with van der Waals surface area (Å²) in [6.07, 6.45) is 0. The molecule has 4 rings (SSSR count). The third kappa shape index (κ3) is 3.56. The van der Waals surface area contributed by atoms with Crippen LogP contribution in [-0.4, -0.2) is 17.6 Å². The summed E-state index contributed by atoms with van der Waals surface area (Å²) in [6, 6.07) is 19.5. The molecule has 0 atom stereocenters. The summed E-state index contributed by atoms with van der Waals surface area (Å²) < 4.78 is 7.33. The van der Waals surface area contributed by atoms with Crippen LogP contribution in [0, 0.1) is 0 Å². The molecule has 0 amide bonds. The van der Waals surface area contributed by atoms with E-state index < -0.39 is 5.97 Å². The zero-order chi connectivity index (χ0) is 19.0. The smallest absolute Gasteiger partial charge is 0.545 e. The topological polar surface area (TPSA) is 71.4 Å². The molecule has 0 aliphatic heterocycles. The van der Waals surface area contributed by atoms with E-state index >= 15 is 0 Å². The van der Waals surface area contributed by atoms with Gasteiger partial charge < -0.3 is 19.2 Å². The van der Waals surface area contributed by atoms with Gasteiger partial charge in [-0.2, -0.15) is 0 Å². The Morgan fingerprint density at radius 1 is 0.964 bits per heavy atom. The second-order valence-corrected chi connectivity index (χ2v) is 6.30. The third-order valence-electron chi connectivity index (χ3n) is 4.71. The molecular weight excluding hydrogens is 365 g/mol. The molecule has 3 aromatic carbocycles. The van der Waals surface area contributed by atoms with Crippen molar-refractivity contribution < 1.29 is 44.2 Å². The summed E-state index contributed by atoms with van der Waals surface area (Å²) in [4.78, 5) is 23.9. The van der Waals surface area contributed by atoms with Crippen molar-refractivity contribution in [3.63, 3.8) is 0 Å². The van der Waals surface area contributed by atoms with Gasteiger partial charge in [0.2, 0.25) is 0 Å². The van der Waals surface area contributed by atoms with E-state index in [9.17, 15) is 14.7 Å². The van der Waals surface area contributed by atoms with Crippen molar-refractivity contribution in [2.75, 3.05) is 7.11 Å². The monoisotopic (exact) mass is 381 g/mol. The Kier molecular flexibility index (Phi) is 5.89. The van der Waals surface area contributed by atoms with E-state index in [4.69, 9.17) is 4.74 Å². The van der Waals surface area contributed by atoms with E-state index in [-0.39, 0.29) is 40.5 Å². The number of hydrogen-bond donors (Lipinski definition) is 0. The van der Waals surface area contributed by atoms with Gasteiger partial charge in [-0.1, -0.05) is 36.4 Å². The zero-order valence-electron chi connectivity index (χ0n) is 15.6. The molecule has 6 heteroatoms. The first-order chi connectivity index (χ1) is 13.1. The number of pyridine rings is 1. The van der Waals surface area contributed by atoms with Crippen LogP contribution in [-0.2, 0) is 6.54 Å². The average molecular weight is 381 g/mol. The number of carboxylic acids is 1. The predicted octanol–water partition coefficient (Wildman–Crippen LogP) is -0.421. The zero-order valence-corrected chi connectivity index (χ0v) is 17.6. The van der Waals surface area contributed by atoms with Gasteiger partial charge in [-0.3, -0.25) is 4.79 Å². The van der Waals surface area contributed by atoms with Crippen molar-refractivity contribution in [1.29, 1.82) is 0 Å². The van der Waals surface area contributed by atoms with Gasteiger partial charge in [0, 0.05) is 17.3 Å². The molecule has 0 saturated heterocycles. The number of fused-ring (bicyclic) bond motifs is 2. The van der Waals surface area contributed by atoms with Crippen LogP contribution in [0.2, 0.25) is 0 Å². The Hall–Kier alpha value is -2.60. The number of methoxy groups -OCH3 is 1. The molecule has 0 radical (unpaired) electrons. The SMILES string of the molecule is COc1ccc2c(c1)c(=O)c1ccccc1n2Cc1ccc(C(=O)[O-])cc1.[Na+]. The molecule has 4 aromatic rings. The normalized spacial score (nSPS) is 10.6. The van der Waals surface area contributed by atoms with Crippen LogP contribution in [0.3, 0.4) is 0 Å². The minimum absolute atomic E-state index is 0. The molecule has 134 valence electrons. The average Bonchev–Trinajstić information content (AvgIpc) is 2.71. The Bertz CT molecular complexity index is 1230. The van der Waals surface area contributed by atoms with E-state index in [1.807, 2.05) is 36.4 Å². The first-order valence-electron chi connectivity index (χ1n) is 8.48. The second-order valence-electron chi connectivity index (χ2n) is 6.30. The van der Waals surface area contributed by atoms with Crippen LogP contribution in [0.25, 0.3) is 21.8 Å². The maximum Gasteiger partial charge on any atom is 1.00 e. The van der Waals surface area contributed by atoms with E-state index in [1.165, 1.54) is 12.1 Å². The molecule has 0 aliphatic rings. The molecular formula is C22H16NNaO4. The number of ether oxygens (including phenoxy) is 1. The van der Waals surface area contributed by atoms with Crippen LogP contribution in [0.5, 0.6) is 5.75 Å². The van der Waals surface area contributed by atoms with Gasteiger partial charge in [-0.05, 0) is 41.5 Å². The number of carbonyl (C=O) groups excluding carboxylic acids is 1. The number of para-hydroxylation sites is 1. The summed E-state index contributed by atoms with van der Waals surface area (Å²) in [6.45, 7) is 0.497. The fourth-order valence-electron chi connectivity index (χ4n) is 3.33. The fraction of sp³-hybridized carbons (Fsp3) is 0.0909. The quantitative estimate of drug-likeness (QED) is 0.356. The first kappa shape index (κ1) is 20.1. The molecule has 0 spiro atoms. The first-order valence-corrected chi connectivity index (χ1v) is 8.48. The van der Waals surface area contributed by atoms with Gasteiger partial charge in [0.1, 0.15) is 5.75 Å². The Labute approximate surface area is 183 Å². The molecule has 0 aliphatic carbocycles. The van der Waals surface area contributed by atoms with Crippen molar-refractivity contribution in [3.05, 3.63) is 88.1 Å². The van der Waals surface area contributed by atoms with Crippen LogP contribution >= 0.6 is 0 Å². The second kappa shape index (κ2) is 8.19. The summed E-state index contributed by atoms with van der Waals surface area (Å²) in [7, 11) is 1.57. The number of nitrogens with zero attached hydrogens (tertiary/aromatic N) is 1. The van der Waals surface area contributed by atoms with Gasteiger partial charge in [0.15, 0.2) is 5.43 Å². The van der Waals surface area contributed by atoms with E-state index in [1.54, 1.807) is 25.3 Å². The summed E-state index contributed by atoms with van der Waals surface area (Å²) in [5.41, 5.74) is 2.64. The minimum Gasteiger partial charge on any atom is -0.545 e. The van der Waals surface area contributed by atoms with Crippen molar-refractivity contribution in [1.82, 2.24) is 4.57 Å². The van der Waals surface area contributed by atoms with Gasteiger partial charge in [-0.15, -0.1) is 0 Å². The van der Waals surface area contributed by atoms with Gasteiger partial charge in [-0.25, -0.2) is 0 Å². The Balaban J connectivity index is 0.00000225. The molecule has 5 nitrogen and oxygen atoms in total. The Morgan fingerprint density at radius 3 is 2.32 bits per heavy atom. The van der Waals surface area contributed by atoms with Crippen LogP contribution in [0.1, 0.15) is 15.9 Å². The molecule has 0 unspecified atom stereocenters. The number of benzene rings is 3. The van der Waals surface area contributed by atoms with Gasteiger partial charge in [0.05, 0.1) is 24.1 Å². The van der Waals surface area contributed by atoms with Crippen molar-refractivity contribution in [2.45, 2.75) is 6.54 Å². The summed E-state index contributed by atoms with van der Waals surface area (Å²) in [5, 5.41) is 12.2. The minimum atomic E-state index is -1.20. The fourth-order valence-corrected chi connectivity index (χ4v) is 3.33. The van der Waals surface area contributed by atoms with Crippen LogP contribution in [0.15, 0.2) is 71.5 Å². The summed E-state index contributed by atoms with van der Waals surface area (Å²) >= 11 is 0. The predicted molar refractivity (Wildman–Crippen MR) is 102 cm³/mol. The summed E-state index contributed by atoms with van der Waals surface area (Å²) in [5.74, 6) is -0.576. The van der Waals surface area contributed by atoms with Crippen LogP contribution < -0.4 is 44.8 Å². The number of rotatable bonds is 4. The number of aromatic carboxylic acids is 1. The molecule has 28 heavy (non-hydrogen) atoms. The maximum absolute atomic E-state index is 12.9. The third-order valence-corrected chi connectivity index (χ3v) is 4.71. The van der Waals surface area contributed by atoms with E-state index in [2.05, 4.69) is 4.57 Å². The number of carboxylic acid groups (broad SMARTS) is 1. The molecule has 0 saturated carbocycles. The molecule has 0 fully saturated rings. The van der Waals surface area contributed by atoms with Crippen molar-refractivity contribution in [3.8, 4) is 5.75 Å². The van der Waals surface area contributed by atoms with E-state index in [0.29, 0.717) is 23.1 Å². The standard InChI is InChI=1S/C22H17NO4.Na/c1-27-16-10-11-20-18(12-16)21(24)17-4-2-3-5-19(17)23(20)13-14-6-8-15(9-7-14)22(25)26;/h2-12H,13H2,1H3,(H,25,26);/q;+1/p-1. The largest absolute Gasteiger partial charge is 1.00 e. The Morgan fingerprint density at radius 2 is 1.64 bits per heavy atom. The maximum atomic E-state index is 12.9. The van der Waals surface area contributed by atoms with E-state index in [0.717, 1.165) is 16.6 Å². The number of aromatic nitrogens is 1. The molecule has 1 heterocycles. The van der Waals surface area contributed by atoms with Gasteiger partial charge in [0.25, 0.3) is 0 Å². The van der Waals surface area contributed by atoms with Crippen molar-refractivity contribution in [2.24, 2.45) is 0 Å². The molecule has 1 aromatic heterocycles.